The average Bonchev–Trinajstić information content (AvgIpc) is 2.75. The molecule has 0 radical (unpaired) electrons. The zero-order valence-electron chi connectivity index (χ0n) is 9.30. The molecule has 0 bridgehead atoms. The molecule has 0 aliphatic carbocycles. The first-order chi connectivity index (χ1) is 7.81. The van der Waals surface area contributed by atoms with Crippen molar-refractivity contribution < 1.29 is 0 Å². The summed E-state index contributed by atoms with van der Waals surface area (Å²) in [5.74, 6) is 1.27. The molecule has 0 amide bonds. The number of nitrogen functional groups attached to an aromatic ring is 1. The van der Waals surface area contributed by atoms with Crippen LogP contribution < -0.4 is 5.73 Å². The second-order valence-corrected chi connectivity index (χ2v) is 3.64. The van der Waals surface area contributed by atoms with Crippen molar-refractivity contribution in [1.29, 1.82) is 0 Å². The molecule has 0 aliphatic heterocycles. The zero-order chi connectivity index (χ0) is 11.4. The second kappa shape index (κ2) is 4.74. The second-order valence-electron chi connectivity index (χ2n) is 3.64. The van der Waals surface area contributed by atoms with Crippen molar-refractivity contribution in [3.05, 3.63) is 24.5 Å². The first kappa shape index (κ1) is 10.6. The highest BCUT2D eigenvalue weighted by Gasteiger charge is 2.06. The zero-order valence-corrected chi connectivity index (χ0v) is 9.30. The molecule has 0 aromatic carbocycles. The molecule has 16 heavy (non-hydrogen) atoms. The molecule has 2 aromatic heterocycles. The molecule has 0 saturated heterocycles. The third kappa shape index (κ3) is 2.18. The van der Waals surface area contributed by atoms with Gasteiger partial charge in [-0.3, -0.25) is 0 Å². The van der Waals surface area contributed by atoms with Crippen molar-refractivity contribution in [3.63, 3.8) is 0 Å². The number of hydrogen-bond donors (Lipinski definition) is 1. The van der Waals surface area contributed by atoms with Crippen LogP contribution in [0.2, 0.25) is 0 Å². The van der Waals surface area contributed by atoms with Gasteiger partial charge in [0.15, 0.2) is 5.82 Å². The molecular formula is C11H15N5. The highest BCUT2D eigenvalue weighted by Crippen LogP contribution is 2.15. The first-order valence-electron chi connectivity index (χ1n) is 5.42. The van der Waals surface area contributed by atoms with Crippen LogP contribution in [0.3, 0.4) is 0 Å². The summed E-state index contributed by atoms with van der Waals surface area (Å²) in [4.78, 5) is 4.29. The van der Waals surface area contributed by atoms with Crippen molar-refractivity contribution >= 4 is 5.82 Å². The quantitative estimate of drug-likeness (QED) is 0.846. The summed E-state index contributed by atoms with van der Waals surface area (Å²) in [6, 6.07) is 3.58. The summed E-state index contributed by atoms with van der Waals surface area (Å²) in [7, 11) is 0. The third-order valence-electron chi connectivity index (χ3n) is 2.38. The van der Waals surface area contributed by atoms with E-state index in [2.05, 4.69) is 26.7 Å². The SMILES string of the molecule is CCCCn1ccnc1-c1ccc(N)nn1. The van der Waals surface area contributed by atoms with Crippen molar-refractivity contribution in [3.8, 4) is 11.5 Å². The molecule has 0 unspecified atom stereocenters. The van der Waals surface area contributed by atoms with Gasteiger partial charge in [0.25, 0.3) is 0 Å². The van der Waals surface area contributed by atoms with Gasteiger partial charge in [0, 0.05) is 18.9 Å². The predicted octanol–water partition coefficient (Wildman–Crippen LogP) is 1.72. The minimum absolute atomic E-state index is 0.426. The average molecular weight is 217 g/mol. The van der Waals surface area contributed by atoms with E-state index in [0.717, 1.165) is 30.9 Å². The summed E-state index contributed by atoms with van der Waals surface area (Å²) in [5, 5.41) is 7.86. The number of nitrogens with zero attached hydrogens (tertiary/aromatic N) is 4. The fourth-order valence-corrected chi connectivity index (χ4v) is 1.51. The number of anilines is 1. The maximum Gasteiger partial charge on any atom is 0.160 e. The van der Waals surface area contributed by atoms with Crippen molar-refractivity contribution in [2.45, 2.75) is 26.3 Å². The molecular weight excluding hydrogens is 202 g/mol. The fraction of sp³-hybridized carbons (Fsp3) is 0.364. The predicted molar refractivity (Wildman–Crippen MR) is 62.6 cm³/mol. The number of rotatable bonds is 4. The van der Waals surface area contributed by atoms with Crippen molar-refractivity contribution in [2.75, 3.05) is 5.73 Å². The number of aryl methyl sites for hydroxylation is 1. The van der Waals surface area contributed by atoms with E-state index in [1.165, 1.54) is 0 Å². The standard InChI is InChI=1S/C11H15N5/c1-2-3-7-16-8-6-13-11(16)9-4-5-10(12)15-14-9/h4-6,8H,2-3,7H2,1H3,(H2,12,15). The molecule has 2 heterocycles. The number of unbranched alkanes of at least 4 members (excludes halogenated alkanes) is 1. The number of imidazole rings is 1. The lowest BCUT2D eigenvalue weighted by molar-refractivity contribution is 0.635. The van der Waals surface area contributed by atoms with Crippen LogP contribution in [0.15, 0.2) is 24.5 Å². The van der Waals surface area contributed by atoms with E-state index in [1.807, 2.05) is 12.3 Å². The molecule has 2 N–H and O–H groups in total. The highest BCUT2D eigenvalue weighted by molar-refractivity contribution is 5.50. The molecule has 0 atom stereocenters. The van der Waals surface area contributed by atoms with Gasteiger partial charge in [0.05, 0.1) is 0 Å². The minimum atomic E-state index is 0.426. The molecule has 2 aromatic rings. The van der Waals surface area contributed by atoms with Crippen LogP contribution >= 0.6 is 0 Å². The van der Waals surface area contributed by atoms with E-state index < -0.39 is 0 Å². The van der Waals surface area contributed by atoms with E-state index >= 15 is 0 Å². The Hall–Kier alpha value is -1.91. The highest BCUT2D eigenvalue weighted by atomic mass is 15.2. The van der Waals surface area contributed by atoms with Crippen molar-refractivity contribution in [1.82, 2.24) is 19.7 Å². The minimum Gasteiger partial charge on any atom is -0.382 e. The van der Waals surface area contributed by atoms with E-state index in [-0.39, 0.29) is 0 Å². The van der Waals surface area contributed by atoms with Crippen LogP contribution in [-0.4, -0.2) is 19.7 Å². The smallest absolute Gasteiger partial charge is 0.160 e. The molecule has 84 valence electrons. The van der Waals surface area contributed by atoms with Gasteiger partial charge >= 0.3 is 0 Å². The summed E-state index contributed by atoms with van der Waals surface area (Å²) < 4.78 is 2.09. The maximum absolute atomic E-state index is 5.50. The van der Waals surface area contributed by atoms with Gasteiger partial charge in [-0.05, 0) is 18.6 Å². The molecule has 0 saturated carbocycles. The Bertz CT molecular complexity index is 446. The molecule has 5 nitrogen and oxygen atoms in total. The van der Waals surface area contributed by atoms with Crippen LogP contribution in [0.25, 0.3) is 11.5 Å². The molecule has 5 heteroatoms. The number of hydrogen-bond acceptors (Lipinski definition) is 4. The van der Waals surface area contributed by atoms with E-state index in [9.17, 15) is 0 Å². The van der Waals surface area contributed by atoms with Crippen LogP contribution in [0.4, 0.5) is 5.82 Å². The van der Waals surface area contributed by atoms with Crippen LogP contribution in [0.5, 0.6) is 0 Å². The van der Waals surface area contributed by atoms with Gasteiger partial charge < -0.3 is 10.3 Å². The van der Waals surface area contributed by atoms with Gasteiger partial charge in [-0.25, -0.2) is 4.98 Å². The van der Waals surface area contributed by atoms with Gasteiger partial charge in [-0.2, -0.15) is 0 Å². The van der Waals surface area contributed by atoms with E-state index in [4.69, 9.17) is 5.73 Å². The summed E-state index contributed by atoms with van der Waals surface area (Å²) in [6.07, 6.45) is 6.03. The molecule has 0 fully saturated rings. The Morgan fingerprint density at radius 1 is 1.31 bits per heavy atom. The first-order valence-corrected chi connectivity index (χ1v) is 5.42. The Labute approximate surface area is 94.3 Å². The lowest BCUT2D eigenvalue weighted by atomic mass is 10.3. The Morgan fingerprint density at radius 3 is 2.88 bits per heavy atom. The van der Waals surface area contributed by atoms with E-state index in [0.29, 0.717) is 5.82 Å². The van der Waals surface area contributed by atoms with Crippen LogP contribution in [0.1, 0.15) is 19.8 Å². The van der Waals surface area contributed by atoms with Crippen molar-refractivity contribution in [2.24, 2.45) is 0 Å². The van der Waals surface area contributed by atoms with Gasteiger partial charge in [-0.15, -0.1) is 10.2 Å². The third-order valence-corrected chi connectivity index (χ3v) is 2.38. The maximum atomic E-state index is 5.50. The Balaban J connectivity index is 2.26. The normalized spacial score (nSPS) is 10.6. The summed E-state index contributed by atoms with van der Waals surface area (Å²) >= 11 is 0. The molecule has 2 rings (SSSR count). The van der Waals surface area contributed by atoms with Gasteiger partial charge in [0.1, 0.15) is 11.5 Å². The lowest BCUT2D eigenvalue weighted by Gasteiger charge is -2.05. The molecule has 0 spiro atoms. The van der Waals surface area contributed by atoms with E-state index in [1.54, 1.807) is 12.3 Å². The Morgan fingerprint density at radius 2 is 2.19 bits per heavy atom. The summed E-state index contributed by atoms with van der Waals surface area (Å²) in [6.45, 7) is 3.12. The largest absolute Gasteiger partial charge is 0.382 e. The Kier molecular flexibility index (Phi) is 3.14. The topological polar surface area (TPSA) is 69.6 Å². The molecule has 0 aliphatic rings. The number of aromatic nitrogens is 4. The number of nitrogens with two attached hydrogens (primary N) is 1. The van der Waals surface area contributed by atoms with Crippen LogP contribution in [-0.2, 0) is 6.54 Å². The lowest BCUT2D eigenvalue weighted by Crippen LogP contribution is -2.02. The monoisotopic (exact) mass is 217 g/mol. The van der Waals surface area contributed by atoms with Crippen LogP contribution in [0, 0.1) is 0 Å². The fourth-order valence-electron chi connectivity index (χ4n) is 1.51. The van der Waals surface area contributed by atoms with Gasteiger partial charge in [0.2, 0.25) is 0 Å². The summed E-state index contributed by atoms with van der Waals surface area (Å²) in [5.41, 5.74) is 6.26. The van der Waals surface area contributed by atoms with Gasteiger partial charge in [-0.1, -0.05) is 13.3 Å².